The predicted molar refractivity (Wildman–Crippen MR) is 122 cm³/mol. The van der Waals surface area contributed by atoms with Crippen LogP contribution in [0.2, 0.25) is 5.02 Å². The molecule has 0 saturated carbocycles. The van der Waals surface area contributed by atoms with Crippen LogP contribution in [0.25, 0.3) is 0 Å². The van der Waals surface area contributed by atoms with E-state index in [1.807, 2.05) is 6.92 Å². The Morgan fingerprint density at radius 3 is 2.44 bits per heavy atom. The molecule has 9 heteroatoms. The van der Waals surface area contributed by atoms with Gasteiger partial charge in [0.15, 0.2) is 6.61 Å². The van der Waals surface area contributed by atoms with Gasteiger partial charge in [0.25, 0.3) is 15.9 Å². The molecule has 0 aliphatic rings. The number of carbonyl (C=O) groups excluding carboxylic acids is 1. The molecule has 0 radical (unpaired) electrons. The van der Waals surface area contributed by atoms with Gasteiger partial charge in [0, 0.05) is 24.2 Å². The SMILES string of the molecule is Cc1ccc(NS(=O)(=O)c2ccc(OCC(=O)N(C)Cc3ccccc3F)cc2)cc1Cl. The van der Waals surface area contributed by atoms with Gasteiger partial charge in [-0.1, -0.05) is 35.9 Å². The summed E-state index contributed by atoms with van der Waals surface area (Å²) in [7, 11) is -2.27. The summed E-state index contributed by atoms with van der Waals surface area (Å²) in [6.07, 6.45) is 0. The van der Waals surface area contributed by atoms with E-state index in [0.717, 1.165) is 5.56 Å². The summed E-state index contributed by atoms with van der Waals surface area (Å²) in [6.45, 7) is 1.67. The molecule has 0 aliphatic heterocycles. The molecule has 1 N–H and O–H groups in total. The molecule has 3 rings (SSSR count). The number of anilines is 1. The van der Waals surface area contributed by atoms with E-state index in [1.54, 1.807) is 37.4 Å². The van der Waals surface area contributed by atoms with Gasteiger partial charge in [-0.25, -0.2) is 12.8 Å². The number of hydrogen-bond acceptors (Lipinski definition) is 4. The summed E-state index contributed by atoms with van der Waals surface area (Å²) in [5.41, 5.74) is 1.59. The quantitative estimate of drug-likeness (QED) is 0.514. The minimum Gasteiger partial charge on any atom is -0.484 e. The normalized spacial score (nSPS) is 11.1. The van der Waals surface area contributed by atoms with Crippen molar-refractivity contribution in [3.05, 3.63) is 88.7 Å². The second-order valence-corrected chi connectivity index (χ2v) is 9.26. The van der Waals surface area contributed by atoms with Crippen molar-refractivity contribution < 1.29 is 22.3 Å². The summed E-state index contributed by atoms with van der Waals surface area (Å²) in [5, 5.41) is 0.457. The third-order valence-corrected chi connectivity index (χ3v) is 6.52. The van der Waals surface area contributed by atoms with Crippen LogP contribution in [-0.4, -0.2) is 32.9 Å². The molecule has 0 bridgehead atoms. The maximum Gasteiger partial charge on any atom is 0.261 e. The second kappa shape index (κ2) is 10.0. The first-order chi connectivity index (χ1) is 15.2. The lowest BCUT2D eigenvalue weighted by atomic mass is 10.2. The molecule has 3 aromatic rings. The van der Waals surface area contributed by atoms with Crippen LogP contribution in [0.3, 0.4) is 0 Å². The highest BCUT2D eigenvalue weighted by Crippen LogP contribution is 2.23. The highest BCUT2D eigenvalue weighted by atomic mass is 35.5. The van der Waals surface area contributed by atoms with Gasteiger partial charge in [-0.05, 0) is 55.0 Å². The van der Waals surface area contributed by atoms with Crippen LogP contribution in [0.1, 0.15) is 11.1 Å². The Kier molecular flexibility index (Phi) is 7.37. The zero-order valence-corrected chi connectivity index (χ0v) is 19.1. The summed E-state index contributed by atoms with van der Waals surface area (Å²) < 4.78 is 46.8. The van der Waals surface area contributed by atoms with E-state index in [-0.39, 0.29) is 29.8 Å². The zero-order valence-electron chi connectivity index (χ0n) is 17.5. The van der Waals surface area contributed by atoms with Gasteiger partial charge in [-0.15, -0.1) is 0 Å². The molecule has 0 fully saturated rings. The Morgan fingerprint density at radius 2 is 1.78 bits per heavy atom. The van der Waals surface area contributed by atoms with Crippen molar-refractivity contribution in [2.75, 3.05) is 18.4 Å². The number of sulfonamides is 1. The summed E-state index contributed by atoms with van der Waals surface area (Å²) in [6, 6.07) is 16.8. The molecular formula is C23H22ClFN2O4S. The molecule has 0 saturated heterocycles. The smallest absolute Gasteiger partial charge is 0.261 e. The fourth-order valence-electron chi connectivity index (χ4n) is 2.81. The number of rotatable bonds is 8. The van der Waals surface area contributed by atoms with Gasteiger partial charge in [-0.3, -0.25) is 9.52 Å². The van der Waals surface area contributed by atoms with E-state index < -0.39 is 10.0 Å². The van der Waals surface area contributed by atoms with E-state index >= 15 is 0 Å². The molecule has 0 unspecified atom stereocenters. The van der Waals surface area contributed by atoms with Crippen molar-refractivity contribution in [1.82, 2.24) is 4.90 Å². The Hall–Kier alpha value is -3.10. The molecule has 32 heavy (non-hydrogen) atoms. The van der Waals surface area contributed by atoms with Crippen LogP contribution in [0.4, 0.5) is 10.1 Å². The molecule has 3 aromatic carbocycles. The average molecular weight is 477 g/mol. The lowest BCUT2D eigenvalue weighted by Crippen LogP contribution is -2.31. The lowest BCUT2D eigenvalue weighted by molar-refractivity contribution is -0.132. The molecule has 0 heterocycles. The van der Waals surface area contributed by atoms with Gasteiger partial charge in [0.2, 0.25) is 0 Å². The van der Waals surface area contributed by atoms with Crippen molar-refractivity contribution in [3.63, 3.8) is 0 Å². The van der Waals surface area contributed by atoms with Crippen molar-refractivity contribution in [3.8, 4) is 5.75 Å². The van der Waals surface area contributed by atoms with Crippen LogP contribution >= 0.6 is 11.6 Å². The van der Waals surface area contributed by atoms with E-state index in [9.17, 15) is 17.6 Å². The number of carbonyl (C=O) groups is 1. The van der Waals surface area contributed by atoms with Gasteiger partial charge < -0.3 is 9.64 Å². The van der Waals surface area contributed by atoms with Gasteiger partial charge >= 0.3 is 0 Å². The van der Waals surface area contributed by atoms with Crippen LogP contribution in [-0.2, 0) is 21.4 Å². The highest BCUT2D eigenvalue weighted by molar-refractivity contribution is 7.92. The van der Waals surface area contributed by atoms with E-state index in [1.165, 1.54) is 41.3 Å². The van der Waals surface area contributed by atoms with Crippen LogP contribution in [0, 0.1) is 12.7 Å². The number of likely N-dealkylation sites (N-methyl/N-ethyl adjacent to an activating group) is 1. The van der Waals surface area contributed by atoms with E-state index in [2.05, 4.69) is 4.72 Å². The summed E-state index contributed by atoms with van der Waals surface area (Å²) >= 11 is 6.04. The topological polar surface area (TPSA) is 75.7 Å². The Balaban J connectivity index is 1.58. The average Bonchev–Trinajstić information content (AvgIpc) is 2.76. The molecule has 0 aliphatic carbocycles. The number of benzene rings is 3. The first-order valence-electron chi connectivity index (χ1n) is 9.65. The Bertz CT molecular complexity index is 1220. The summed E-state index contributed by atoms with van der Waals surface area (Å²) in [4.78, 5) is 13.7. The number of halogens is 2. The van der Waals surface area contributed by atoms with Crippen LogP contribution in [0.5, 0.6) is 5.75 Å². The molecule has 6 nitrogen and oxygen atoms in total. The van der Waals surface area contributed by atoms with Crippen molar-refractivity contribution in [1.29, 1.82) is 0 Å². The molecular weight excluding hydrogens is 455 g/mol. The second-order valence-electron chi connectivity index (χ2n) is 7.17. The fourth-order valence-corrected chi connectivity index (χ4v) is 4.04. The van der Waals surface area contributed by atoms with Crippen LogP contribution < -0.4 is 9.46 Å². The lowest BCUT2D eigenvalue weighted by Gasteiger charge is -2.18. The third-order valence-electron chi connectivity index (χ3n) is 4.71. The fraction of sp³-hybridized carbons (Fsp3) is 0.174. The molecule has 0 atom stereocenters. The van der Waals surface area contributed by atoms with Gasteiger partial charge in [-0.2, -0.15) is 0 Å². The highest BCUT2D eigenvalue weighted by Gasteiger charge is 2.16. The van der Waals surface area contributed by atoms with E-state index in [0.29, 0.717) is 22.0 Å². The molecule has 168 valence electrons. The minimum absolute atomic E-state index is 0.0320. The zero-order chi connectivity index (χ0) is 23.3. The van der Waals surface area contributed by atoms with Crippen molar-refractivity contribution >= 4 is 33.2 Å². The van der Waals surface area contributed by atoms with Gasteiger partial charge in [0.05, 0.1) is 10.6 Å². The number of amides is 1. The molecule has 0 spiro atoms. The van der Waals surface area contributed by atoms with Crippen molar-refractivity contribution in [2.24, 2.45) is 0 Å². The number of nitrogens with zero attached hydrogens (tertiary/aromatic N) is 1. The standard InChI is InChI=1S/C23H22ClFN2O4S/c1-16-7-8-18(13-21(16)24)26-32(29,30)20-11-9-19(10-12-20)31-15-23(28)27(2)14-17-5-3-4-6-22(17)25/h3-13,26H,14-15H2,1-2H3. The maximum atomic E-state index is 13.7. The number of ether oxygens (including phenoxy) is 1. The molecule has 1 amide bonds. The monoisotopic (exact) mass is 476 g/mol. The predicted octanol–water partition coefficient (Wildman–Crippen LogP) is 4.63. The number of hydrogen-bond donors (Lipinski definition) is 1. The number of aryl methyl sites for hydroxylation is 1. The minimum atomic E-state index is -3.82. The summed E-state index contributed by atoms with van der Waals surface area (Å²) in [5.74, 6) is -0.399. The number of nitrogens with one attached hydrogen (secondary N) is 1. The largest absolute Gasteiger partial charge is 0.484 e. The van der Waals surface area contributed by atoms with Crippen LogP contribution in [0.15, 0.2) is 71.6 Å². The first kappa shape index (κ1) is 23.6. The Morgan fingerprint density at radius 1 is 1.09 bits per heavy atom. The first-order valence-corrected chi connectivity index (χ1v) is 11.5. The van der Waals surface area contributed by atoms with Crippen molar-refractivity contribution in [2.45, 2.75) is 18.4 Å². The third kappa shape index (κ3) is 5.99. The Labute approximate surface area is 191 Å². The van der Waals surface area contributed by atoms with E-state index in [4.69, 9.17) is 16.3 Å². The van der Waals surface area contributed by atoms with Gasteiger partial charge in [0.1, 0.15) is 11.6 Å². The molecule has 0 aromatic heterocycles. The maximum absolute atomic E-state index is 13.7.